The quantitative estimate of drug-likeness (QED) is 0.593. The standard InChI is InChI=1S/C21H21N5O/c1-3-25-14-18(17-6-4-5-7-19(17)25)21(27)24-13-16-8-9-23-20(12-16)26-11-10-22-15(26)2/h4-12,14H,3,13H2,1-2H3,(H,24,27). The fourth-order valence-electron chi connectivity index (χ4n) is 3.29. The number of nitrogens with one attached hydrogen (secondary N) is 1. The number of hydrogen-bond donors (Lipinski definition) is 1. The number of rotatable bonds is 5. The summed E-state index contributed by atoms with van der Waals surface area (Å²) in [7, 11) is 0. The molecule has 0 radical (unpaired) electrons. The van der Waals surface area contributed by atoms with Crippen LogP contribution in [0.4, 0.5) is 0 Å². The van der Waals surface area contributed by atoms with E-state index in [1.165, 1.54) is 0 Å². The zero-order chi connectivity index (χ0) is 18.8. The molecule has 0 atom stereocenters. The van der Waals surface area contributed by atoms with Crippen LogP contribution in [0.3, 0.4) is 0 Å². The lowest BCUT2D eigenvalue weighted by Gasteiger charge is -2.08. The highest BCUT2D eigenvalue weighted by Crippen LogP contribution is 2.21. The summed E-state index contributed by atoms with van der Waals surface area (Å²) in [5.74, 6) is 1.59. The average Bonchev–Trinajstić information content (AvgIpc) is 3.30. The molecule has 0 saturated heterocycles. The first-order chi connectivity index (χ1) is 13.2. The third-order valence-electron chi connectivity index (χ3n) is 4.71. The maximum Gasteiger partial charge on any atom is 0.253 e. The Morgan fingerprint density at radius 1 is 1.15 bits per heavy atom. The van der Waals surface area contributed by atoms with Crippen LogP contribution in [0, 0.1) is 6.92 Å². The zero-order valence-corrected chi connectivity index (χ0v) is 15.4. The van der Waals surface area contributed by atoms with Gasteiger partial charge >= 0.3 is 0 Å². The number of aryl methyl sites for hydroxylation is 2. The third kappa shape index (κ3) is 3.21. The van der Waals surface area contributed by atoms with Gasteiger partial charge in [-0.25, -0.2) is 9.97 Å². The fourth-order valence-corrected chi connectivity index (χ4v) is 3.29. The van der Waals surface area contributed by atoms with E-state index in [9.17, 15) is 4.79 Å². The van der Waals surface area contributed by atoms with Crippen molar-refractivity contribution in [2.24, 2.45) is 0 Å². The summed E-state index contributed by atoms with van der Waals surface area (Å²) < 4.78 is 4.01. The van der Waals surface area contributed by atoms with Gasteiger partial charge in [-0.1, -0.05) is 18.2 Å². The molecule has 4 aromatic rings. The van der Waals surface area contributed by atoms with E-state index in [1.54, 1.807) is 12.4 Å². The first-order valence-electron chi connectivity index (χ1n) is 8.98. The summed E-state index contributed by atoms with van der Waals surface area (Å²) in [6.45, 7) is 5.27. The number of para-hydroxylation sites is 1. The van der Waals surface area contributed by atoms with E-state index in [2.05, 4.69) is 26.8 Å². The molecule has 0 spiro atoms. The molecule has 1 N–H and O–H groups in total. The topological polar surface area (TPSA) is 64.7 Å². The van der Waals surface area contributed by atoms with Crippen molar-refractivity contribution in [3.8, 4) is 5.82 Å². The molecule has 0 saturated carbocycles. The molecule has 4 rings (SSSR count). The van der Waals surface area contributed by atoms with Gasteiger partial charge < -0.3 is 9.88 Å². The molecule has 6 heteroatoms. The average molecular weight is 359 g/mol. The fraction of sp³-hybridized carbons (Fsp3) is 0.190. The highest BCUT2D eigenvalue weighted by Gasteiger charge is 2.14. The number of pyridine rings is 1. The molecule has 0 aliphatic rings. The first kappa shape index (κ1) is 17.0. The number of benzene rings is 1. The van der Waals surface area contributed by atoms with Crippen LogP contribution in [-0.2, 0) is 13.1 Å². The lowest BCUT2D eigenvalue weighted by molar-refractivity contribution is 0.0952. The van der Waals surface area contributed by atoms with E-state index < -0.39 is 0 Å². The molecule has 0 bridgehead atoms. The Balaban J connectivity index is 1.55. The van der Waals surface area contributed by atoms with Gasteiger partial charge in [0.05, 0.1) is 5.56 Å². The maximum absolute atomic E-state index is 12.8. The summed E-state index contributed by atoms with van der Waals surface area (Å²) in [6.07, 6.45) is 7.29. The van der Waals surface area contributed by atoms with Gasteiger partial charge in [-0.05, 0) is 37.6 Å². The molecule has 1 aromatic carbocycles. The van der Waals surface area contributed by atoms with Crippen LogP contribution in [0.25, 0.3) is 16.7 Å². The second kappa shape index (κ2) is 7.07. The minimum atomic E-state index is -0.0735. The van der Waals surface area contributed by atoms with Crippen LogP contribution in [-0.4, -0.2) is 25.0 Å². The van der Waals surface area contributed by atoms with Crippen molar-refractivity contribution in [1.82, 2.24) is 24.4 Å². The van der Waals surface area contributed by atoms with Crippen molar-refractivity contribution >= 4 is 16.8 Å². The lowest BCUT2D eigenvalue weighted by atomic mass is 10.1. The Hall–Kier alpha value is -3.41. The highest BCUT2D eigenvalue weighted by molar-refractivity contribution is 6.06. The SMILES string of the molecule is CCn1cc(C(=O)NCc2ccnc(-n3ccnc3C)c2)c2ccccc21. The Morgan fingerprint density at radius 2 is 2.00 bits per heavy atom. The predicted molar refractivity (Wildman–Crippen MR) is 105 cm³/mol. The highest BCUT2D eigenvalue weighted by atomic mass is 16.1. The van der Waals surface area contributed by atoms with Gasteiger partial charge in [0.2, 0.25) is 0 Å². The Morgan fingerprint density at radius 3 is 2.78 bits per heavy atom. The number of aromatic nitrogens is 4. The monoisotopic (exact) mass is 359 g/mol. The molecule has 27 heavy (non-hydrogen) atoms. The summed E-state index contributed by atoms with van der Waals surface area (Å²) in [4.78, 5) is 21.4. The van der Waals surface area contributed by atoms with Crippen molar-refractivity contribution in [1.29, 1.82) is 0 Å². The molecule has 0 unspecified atom stereocenters. The minimum Gasteiger partial charge on any atom is -0.348 e. The van der Waals surface area contributed by atoms with E-state index in [0.29, 0.717) is 12.1 Å². The molecule has 6 nitrogen and oxygen atoms in total. The van der Waals surface area contributed by atoms with Crippen molar-refractivity contribution in [2.75, 3.05) is 0 Å². The molecular formula is C21H21N5O. The third-order valence-corrected chi connectivity index (χ3v) is 4.71. The summed E-state index contributed by atoms with van der Waals surface area (Å²) in [6, 6.07) is 11.9. The number of fused-ring (bicyclic) bond motifs is 1. The number of amides is 1. The van der Waals surface area contributed by atoms with Gasteiger partial charge in [0.15, 0.2) is 0 Å². The largest absolute Gasteiger partial charge is 0.348 e. The number of imidazole rings is 1. The summed E-state index contributed by atoms with van der Waals surface area (Å²) in [5.41, 5.74) is 2.76. The minimum absolute atomic E-state index is 0.0735. The zero-order valence-electron chi connectivity index (χ0n) is 15.4. The van der Waals surface area contributed by atoms with Gasteiger partial charge in [0.1, 0.15) is 11.6 Å². The molecular weight excluding hydrogens is 338 g/mol. The van der Waals surface area contributed by atoms with Gasteiger partial charge in [0, 0.05) is 48.8 Å². The smallest absolute Gasteiger partial charge is 0.253 e. The van der Waals surface area contributed by atoms with E-state index in [4.69, 9.17) is 0 Å². The Bertz CT molecular complexity index is 1110. The molecule has 3 aromatic heterocycles. The van der Waals surface area contributed by atoms with Crippen molar-refractivity contribution in [3.05, 3.63) is 78.1 Å². The van der Waals surface area contributed by atoms with Crippen molar-refractivity contribution < 1.29 is 4.79 Å². The predicted octanol–water partition coefficient (Wildman–Crippen LogP) is 3.48. The molecule has 3 heterocycles. The Labute approximate surface area is 157 Å². The van der Waals surface area contributed by atoms with E-state index in [1.807, 2.05) is 60.3 Å². The van der Waals surface area contributed by atoms with Gasteiger partial charge in [-0.15, -0.1) is 0 Å². The van der Waals surface area contributed by atoms with Crippen LogP contribution in [0.5, 0.6) is 0 Å². The van der Waals surface area contributed by atoms with Gasteiger partial charge in [-0.3, -0.25) is 9.36 Å². The van der Waals surface area contributed by atoms with Crippen LogP contribution in [0.2, 0.25) is 0 Å². The maximum atomic E-state index is 12.8. The Kier molecular flexibility index (Phi) is 4.46. The van der Waals surface area contributed by atoms with Crippen molar-refractivity contribution in [2.45, 2.75) is 26.9 Å². The summed E-state index contributed by atoms with van der Waals surface area (Å²) >= 11 is 0. The molecule has 0 fully saturated rings. The normalized spacial score (nSPS) is 11.0. The second-order valence-electron chi connectivity index (χ2n) is 6.40. The van der Waals surface area contributed by atoms with Crippen molar-refractivity contribution in [3.63, 3.8) is 0 Å². The van der Waals surface area contributed by atoms with Gasteiger partial charge in [0.25, 0.3) is 5.91 Å². The molecule has 136 valence electrons. The first-order valence-corrected chi connectivity index (χ1v) is 8.98. The lowest BCUT2D eigenvalue weighted by Crippen LogP contribution is -2.22. The van der Waals surface area contributed by atoms with Crippen LogP contribution < -0.4 is 5.32 Å². The number of nitrogens with zero attached hydrogens (tertiary/aromatic N) is 4. The molecule has 0 aliphatic heterocycles. The van der Waals surface area contributed by atoms with Crippen LogP contribution in [0.1, 0.15) is 28.7 Å². The van der Waals surface area contributed by atoms with Crippen LogP contribution >= 0.6 is 0 Å². The van der Waals surface area contributed by atoms with E-state index in [0.717, 1.165) is 34.7 Å². The van der Waals surface area contributed by atoms with E-state index in [-0.39, 0.29) is 5.91 Å². The molecule has 0 aliphatic carbocycles. The second-order valence-corrected chi connectivity index (χ2v) is 6.40. The van der Waals surface area contributed by atoms with Crippen LogP contribution in [0.15, 0.2) is 61.2 Å². The molecule has 1 amide bonds. The van der Waals surface area contributed by atoms with E-state index >= 15 is 0 Å². The summed E-state index contributed by atoms with van der Waals surface area (Å²) in [5, 5.41) is 4.00. The number of carbonyl (C=O) groups is 1. The number of carbonyl (C=O) groups excluding carboxylic acids is 1. The number of hydrogen-bond acceptors (Lipinski definition) is 3. The van der Waals surface area contributed by atoms with Gasteiger partial charge in [-0.2, -0.15) is 0 Å².